The van der Waals surface area contributed by atoms with E-state index in [0.29, 0.717) is 17.8 Å². The van der Waals surface area contributed by atoms with Crippen molar-refractivity contribution in [2.45, 2.75) is 45.0 Å². The molecule has 2 unspecified atom stereocenters. The molecular weight excluding hydrogens is 356 g/mol. The fourth-order valence-corrected chi connectivity index (χ4v) is 3.95. The van der Waals surface area contributed by atoms with Crippen LogP contribution in [0.25, 0.3) is 5.65 Å². The molecule has 5 rings (SSSR count). The minimum atomic E-state index is -0.375. The Kier molecular flexibility index (Phi) is 4.09. The standard InChI is InChI=1S/C22H22N2O4/c1-13-17(12-25)24-10-4-7-18(21(24)23-13)27-20-16-6-3-2-5-15(16)11-19(20)28-22(26)14-8-9-14/h2-7,10,14,19-20,25H,8-9,11-12H2,1H3. The number of nitrogens with zero attached hydrogens (tertiary/aromatic N) is 2. The van der Waals surface area contributed by atoms with Crippen molar-refractivity contribution in [3.8, 4) is 5.75 Å². The largest absolute Gasteiger partial charge is 0.478 e. The van der Waals surface area contributed by atoms with Crippen molar-refractivity contribution in [1.29, 1.82) is 0 Å². The summed E-state index contributed by atoms with van der Waals surface area (Å²) in [5.41, 5.74) is 4.35. The summed E-state index contributed by atoms with van der Waals surface area (Å²) in [6.45, 7) is 1.78. The number of aliphatic hydroxyl groups excluding tert-OH is 1. The number of esters is 1. The second-order valence-corrected chi connectivity index (χ2v) is 7.56. The average Bonchev–Trinajstić information content (AvgIpc) is 3.42. The third-order valence-electron chi connectivity index (χ3n) is 5.62. The van der Waals surface area contributed by atoms with Crippen molar-refractivity contribution in [3.63, 3.8) is 0 Å². The zero-order valence-corrected chi connectivity index (χ0v) is 15.7. The van der Waals surface area contributed by atoms with Crippen molar-refractivity contribution in [2.75, 3.05) is 0 Å². The van der Waals surface area contributed by atoms with Crippen LogP contribution < -0.4 is 4.74 Å². The van der Waals surface area contributed by atoms with Gasteiger partial charge in [0, 0.05) is 12.6 Å². The van der Waals surface area contributed by atoms with Crippen LogP contribution in [0.2, 0.25) is 0 Å². The summed E-state index contributed by atoms with van der Waals surface area (Å²) in [7, 11) is 0. The highest BCUT2D eigenvalue weighted by Crippen LogP contribution is 2.40. The van der Waals surface area contributed by atoms with Gasteiger partial charge in [0.1, 0.15) is 6.10 Å². The van der Waals surface area contributed by atoms with E-state index in [1.807, 2.05) is 47.9 Å². The number of aryl methyl sites for hydroxylation is 1. The predicted molar refractivity (Wildman–Crippen MR) is 102 cm³/mol. The number of ether oxygens (including phenoxy) is 2. The fraction of sp³-hybridized carbons (Fsp3) is 0.364. The zero-order chi connectivity index (χ0) is 19.3. The predicted octanol–water partition coefficient (Wildman–Crippen LogP) is 3.13. The molecule has 1 fully saturated rings. The summed E-state index contributed by atoms with van der Waals surface area (Å²) in [5, 5.41) is 9.65. The molecule has 144 valence electrons. The molecule has 6 heteroatoms. The molecular formula is C22H22N2O4. The van der Waals surface area contributed by atoms with Gasteiger partial charge in [-0.3, -0.25) is 9.20 Å². The molecule has 0 spiro atoms. The van der Waals surface area contributed by atoms with Crippen molar-refractivity contribution in [1.82, 2.24) is 9.38 Å². The maximum absolute atomic E-state index is 12.3. The molecule has 2 atom stereocenters. The summed E-state index contributed by atoms with van der Waals surface area (Å²) in [6, 6.07) is 11.8. The van der Waals surface area contributed by atoms with Crippen LogP contribution in [0.1, 0.15) is 41.5 Å². The molecule has 1 aromatic carbocycles. The number of benzene rings is 1. The van der Waals surface area contributed by atoms with Gasteiger partial charge in [0.2, 0.25) is 0 Å². The number of imidazole rings is 1. The number of carbonyl (C=O) groups excluding carboxylic acids is 1. The first-order valence-corrected chi connectivity index (χ1v) is 9.68. The Balaban J connectivity index is 1.51. The van der Waals surface area contributed by atoms with Gasteiger partial charge in [0.15, 0.2) is 17.5 Å². The molecule has 3 aromatic rings. The van der Waals surface area contributed by atoms with Gasteiger partial charge in [0.05, 0.1) is 23.9 Å². The lowest BCUT2D eigenvalue weighted by atomic mass is 10.1. The van der Waals surface area contributed by atoms with Gasteiger partial charge in [-0.05, 0) is 43.0 Å². The Morgan fingerprint density at radius 1 is 1.25 bits per heavy atom. The van der Waals surface area contributed by atoms with Crippen LogP contribution in [0, 0.1) is 12.8 Å². The fourth-order valence-electron chi connectivity index (χ4n) is 3.95. The number of aromatic nitrogens is 2. The van der Waals surface area contributed by atoms with Crippen LogP contribution >= 0.6 is 0 Å². The molecule has 2 aliphatic rings. The number of pyridine rings is 1. The smallest absolute Gasteiger partial charge is 0.309 e. The quantitative estimate of drug-likeness (QED) is 0.691. The molecule has 6 nitrogen and oxygen atoms in total. The summed E-state index contributed by atoms with van der Waals surface area (Å²) < 4.78 is 14.1. The van der Waals surface area contributed by atoms with Gasteiger partial charge >= 0.3 is 5.97 Å². The van der Waals surface area contributed by atoms with Crippen LogP contribution in [0.3, 0.4) is 0 Å². The van der Waals surface area contributed by atoms with Gasteiger partial charge < -0.3 is 14.6 Å². The van der Waals surface area contributed by atoms with Crippen molar-refractivity contribution in [2.24, 2.45) is 5.92 Å². The summed E-state index contributed by atoms with van der Waals surface area (Å²) in [5.74, 6) is 0.540. The van der Waals surface area contributed by atoms with Gasteiger partial charge in [-0.1, -0.05) is 24.3 Å². The number of rotatable bonds is 5. The summed E-state index contributed by atoms with van der Waals surface area (Å²) in [4.78, 5) is 16.9. The van der Waals surface area contributed by atoms with Crippen LogP contribution in [0.5, 0.6) is 5.75 Å². The van der Waals surface area contributed by atoms with E-state index >= 15 is 0 Å². The minimum Gasteiger partial charge on any atom is -0.478 e. The lowest BCUT2D eigenvalue weighted by molar-refractivity contribution is -0.154. The molecule has 0 saturated heterocycles. The number of hydrogen-bond donors (Lipinski definition) is 1. The first-order valence-electron chi connectivity index (χ1n) is 9.68. The molecule has 2 aliphatic carbocycles. The lowest BCUT2D eigenvalue weighted by Crippen LogP contribution is -2.27. The highest BCUT2D eigenvalue weighted by molar-refractivity contribution is 5.75. The van der Waals surface area contributed by atoms with Crippen molar-refractivity contribution < 1.29 is 19.4 Å². The van der Waals surface area contributed by atoms with E-state index in [4.69, 9.17) is 9.47 Å². The minimum absolute atomic E-state index is 0.0508. The second kappa shape index (κ2) is 6.63. The Morgan fingerprint density at radius 2 is 2.07 bits per heavy atom. The van der Waals surface area contributed by atoms with E-state index in [0.717, 1.165) is 35.4 Å². The first-order chi connectivity index (χ1) is 13.7. The van der Waals surface area contributed by atoms with E-state index in [9.17, 15) is 9.90 Å². The van der Waals surface area contributed by atoms with Crippen molar-refractivity contribution >= 4 is 11.6 Å². The van der Waals surface area contributed by atoms with E-state index in [2.05, 4.69) is 11.1 Å². The van der Waals surface area contributed by atoms with E-state index in [-0.39, 0.29) is 30.7 Å². The van der Waals surface area contributed by atoms with Gasteiger partial charge in [-0.2, -0.15) is 0 Å². The molecule has 0 aliphatic heterocycles. The molecule has 1 saturated carbocycles. The Hall–Kier alpha value is -2.86. The highest BCUT2D eigenvalue weighted by atomic mass is 16.6. The molecule has 0 bridgehead atoms. The Bertz CT molecular complexity index is 1050. The normalized spacial score (nSPS) is 20.9. The SMILES string of the molecule is Cc1nc2c(OC3c4ccccc4CC3OC(=O)C3CC3)cccn2c1CO. The maximum atomic E-state index is 12.3. The van der Waals surface area contributed by atoms with Crippen LogP contribution in [-0.4, -0.2) is 26.6 Å². The zero-order valence-electron chi connectivity index (χ0n) is 15.7. The number of fused-ring (bicyclic) bond motifs is 2. The van der Waals surface area contributed by atoms with E-state index in [1.54, 1.807) is 0 Å². The van der Waals surface area contributed by atoms with Gasteiger partial charge in [-0.15, -0.1) is 0 Å². The monoisotopic (exact) mass is 378 g/mol. The van der Waals surface area contributed by atoms with E-state index in [1.165, 1.54) is 0 Å². The second-order valence-electron chi connectivity index (χ2n) is 7.56. The molecule has 1 N–H and O–H groups in total. The Labute approximate surface area is 162 Å². The molecule has 28 heavy (non-hydrogen) atoms. The van der Waals surface area contributed by atoms with Gasteiger partial charge in [0.25, 0.3) is 0 Å². The Morgan fingerprint density at radius 3 is 2.86 bits per heavy atom. The number of carbonyl (C=O) groups is 1. The summed E-state index contributed by atoms with van der Waals surface area (Å²) >= 11 is 0. The van der Waals surface area contributed by atoms with Crippen LogP contribution in [0.15, 0.2) is 42.6 Å². The average molecular weight is 378 g/mol. The molecule has 2 aromatic heterocycles. The van der Waals surface area contributed by atoms with Crippen LogP contribution in [0.4, 0.5) is 0 Å². The lowest BCUT2D eigenvalue weighted by Gasteiger charge is -2.22. The molecule has 2 heterocycles. The molecule has 0 radical (unpaired) electrons. The third kappa shape index (κ3) is 2.85. The maximum Gasteiger partial charge on any atom is 0.309 e. The topological polar surface area (TPSA) is 73.1 Å². The van der Waals surface area contributed by atoms with Gasteiger partial charge in [-0.25, -0.2) is 4.98 Å². The van der Waals surface area contributed by atoms with Crippen molar-refractivity contribution in [3.05, 3.63) is 65.1 Å². The number of aliphatic hydroxyl groups is 1. The van der Waals surface area contributed by atoms with E-state index < -0.39 is 0 Å². The number of hydrogen-bond acceptors (Lipinski definition) is 5. The highest BCUT2D eigenvalue weighted by Gasteiger charge is 2.40. The summed E-state index contributed by atoms with van der Waals surface area (Å²) in [6.07, 6.45) is 3.62. The third-order valence-corrected chi connectivity index (χ3v) is 5.62. The molecule has 0 amide bonds. The first kappa shape index (κ1) is 17.3. The van der Waals surface area contributed by atoms with Crippen LogP contribution in [-0.2, 0) is 22.6 Å².